The molecule has 0 amide bonds. The molecule has 0 aromatic carbocycles. The minimum Gasteiger partial charge on any atom is -0.293 e. The van der Waals surface area contributed by atoms with Crippen LogP contribution in [-0.2, 0) is 6.18 Å². The monoisotopic (exact) mass is 248 g/mol. The van der Waals surface area contributed by atoms with Crippen LogP contribution in [0.25, 0.3) is 0 Å². The Bertz CT molecular complexity index is 491. The number of halogens is 4. The maximum atomic E-state index is 12.4. The van der Waals surface area contributed by atoms with E-state index in [2.05, 4.69) is 4.98 Å². The number of ketones is 1. The van der Waals surface area contributed by atoms with Crippen LogP contribution in [-0.4, -0.2) is 10.8 Å². The van der Waals surface area contributed by atoms with E-state index >= 15 is 0 Å². The molecule has 0 saturated carbocycles. The molecule has 16 heavy (non-hydrogen) atoms. The number of aromatic nitrogens is 1. The summed E-state index contributed by atoms with van der Waals surface area (Å²) in [6, 6.07) is 1.32. The predicted octanol–water partition coefficient (Wildman–Crippen LogP) is 2.83. The second-order valence-corrected chi connectivity index (χ2v) is 3.25. The molecule has 0 aliphatic carbocycles. The third-order valence-electron chi connectivity index (χ3n) is 1.77. The highest BCUT2D eigenvalue weighted by Crippen LogP contribution is 2.35. The summed E-state index contributed by atoms with van der Waals surface area (Å²) in [4.78, 5) is 14.3. The van der Waals surface area contributed by atoms with Gasteiger partial charge < -0.3 is 0 Å². The van der Waals surface area contributed by atoms with Crippen molar-refractivity contribution in [3.05, 3.63) is 28.0 Å². The van der Waals surface area contributed by atoms with Gasteiger partial charge in [0.15, 0.2) is 5.78 Å². The van der Waals surface area contributed by atoms with E-state index in [-0.39, 0.29) is 5.69 Å². The molecule has 0 unspecified atom stereocenters. The summed E-state index contributed by atoms with van der Waals surface area (Å²) in [5.74, 6) is -0.602. The van der Waals surface area contributed by atoms with Gasteiger partial charge in [-0.2, -0.15) is 18.4 Å². The van der Waals surface area contributed by atoms with Gasteiger partial charge in [0.25, 0.3) is 0 Å². The Balaban J connectivity index is 3.56. The standard InChI is InChI=1S/C9H4ClF3N2O/c1-4(16)8-7(10)5(2-14)6(3-15-8)9(11,12)13/h3H,1H3. The zero-order chi connectivity index (χ0) is 12.5. The number of nitrogens with zero attached hydrogens (tertiary/aromatic N) is 2. The summed E-state index contributed by atoms with van der Waals surface area (Å²) in [7, 11) is 0. The van der Waals surface area contributed by atoms with Crippen LogP contribution in [0.15, 0.2) is 6.20 Å². The number of rotatable bonds is 1. The lowest BCUT2D eigenvalue weighted by atomic mass is 10.1. The highest BCUT2D eigenvalue weighted by Gasteiger charge is 2.36. The fourth-order valence-corrected chi connectivity index (χ4v) is 1.38. The fourth-order valence-electron chi connectivity index (χ4n) is 1.06. The Morgan fingerprint density at radius 1 is 1.56 bits per heavy atom. The van der Waals surface area contributed by atoms with Crippen molar-refractivity contribution in [1.29, 1.82) is 5.26 Å². The molecule has 0 radical (unpaired) electrons. The number of Topliss-reactive ketones (excluding diaryl/α,β-unsaturated/α-hetero) is 1. The third-order valence-corrected chi connectivity index (χ3v) is 2.14. The first-order chi connectivity index (χ1) is 7.29. The van der Waals surface area contributed by atoms with Crippen LogP contribution in [0.5, 0.6) is 0 Å². The van der Waals surface area contributed by atoms with Crippen molar-refractivity contribution in [2.75, 3.05) is 0 Å². The summed E-state index contributed by atoms with van der Waals surface area (Å²) < 4.78 is 37.2. The average molecular weight is 249 g/mol. The molecular weight excluding hydrogens is 245 g/mol. The predicted molar refractivity (Wildman–Crippen MR) is 49.0 cm³/mol. The van der Waals surface area contributed by atoms with Crippen molar-refractivity contribution in [3.63, 3.8) is 0 Å². The van der Waals surface area contributed by atoms with Gasteiger partial charge in [0.1, 0.15) is 11.8 Å². The smallest absolute Gasteiger partial charge is 0.293 e. The molecule has 0 N–H and O–H groups in total. The summed E-state index contributed by atoms with van der Waals surface area (Å²) in [6.07, 6.45) is -4.29. The highest BCUT2D eigenvalue weighted by atomic mass is 35.5. The Hall–Kier alpha value is -1.61. The van der Waals surface area contributed by atoms with Gasteiger partial charge >= 0.3 is 6.18 Å². The number of carbonyl (C=O) groups excluding carboxylic acids is 1. The van der Waals surface area contributed by atoms with E-state index in [1.807, 2.05) is 0 Å². The third kappa shape index (κ3) is 2.14. The van der Waals surface area contributed by atoms with Crippen LogP contribution in [0.4, 0.5) is 13.2 Å². The molecule has 0 aliphatic heterocycles. The first kappa shape index (κ1) is 12.5. The molecule has 1 rings (SSSR count). The molecule has 1 heterocycles. The summed E-state index contributed by atoms with van der Waals surface area (Å²) in [5.41, 5.74) is -2.37. The molecule has 0 atom stereocenters. The van der Waals surface area contributed by atoms with Crippen LogP contribution >= 0.6 is 11.6 Å². The van der Waals surface area contributed by atoms with Crippen molar-refractivity contribution < 1.29 is 18.0 Å². The van der Waals surface area contributed by atoms with Crippen LogP contribution in [0.1, 0.15) is 28.5 Å². The molecule has 0 bridgehead atoms. The zero-order valence-electron chi connectivity index (χ0n) is 7.89. The Labute approximate surface area is 93.5 Å². The lowest BCUT2D eigenvalue weighted by Gasteiger charge is -2.10. The number of carbonyl (C=O) groups is 1. The summed E-state index contributed by atoms with van der Waals surface area (Å²) in [5, 5.41) is 8.03. The van der Waals surface area contributed by atoms with Crippen molar-refractivity contribution in [2.45, 2.75) is 13.1 Å². The van der Waals surface area contributed by atoms with Crippen LogP contribution in [0.2, 0.25) is 5.02 Å². The highest BCUT2D eigenvalue weighted by molar-refractivity contribution is 6.34. The van der Waals surface area contributed by atoms with E-state index in [0.717, 1.165) is 6.92 Å². The van der Waals surface area contributed by atoms with E-state index in [1.165, 1.54) is 6.07 Å². The van der Waals surface area contributed by atoms with E-state index in [0.29, 0.717) is 6.20 Å². The molecule has 1 aromatic rings. The minimum atomic E-state index is -4.73. The first-order valence-electron chi connectivity index (χ1n) is 3.95. The number of nitriles is 1. The van der Waals surface area contributed by atoms with E-state index in [9.17, 15) is 18.0 Å². The lowest BCUT2D eigenvalue weighted by Crippen LogP contribution is -2.11. The molecule has 7 heteroatoms. The molecule has 0 aliphatic rings. The average Bonchev–Trinajstić information content (AvgIpc) is 2.15. The maximum Gasteiger partial charge on any atom is 0.419 e. The largest absolute Gasteiger partial charge is 0.419 e. The number of hydrogen-bond acceptors (Lipinski definition) is 3. The van der Waals surface area contributed by atoms with Crippen molar-refractivity contribution in [3.8, 4) is 6.07 Å². The van der Waals surface area contributed by atoms with E-state index < -0.39 is 28.1 Å². The first-order valence-corrected chi connectivity index (χ1v) is 4.33. The van der Waals surface area contributed by atoms with E-state index in [1.54, 1.807) is 0 Å². The Morgan fingerprint density at radius 3 is 2.50 bits per heavy atom. The van der Waals surface area contributed by atoms with Gasteiger partial charge in [0.05, 0.1) is 16.1 Å². The van der Waals surface area contributed by atoms with Gasteiger partial charge in [0.2, 0.25) is 0 Å². The van der Waals surface area contributed by atoms with Gasteiger partial charge in [-0.25, -0.2) is 0 Å². The van der Waals surface area contributed by atoms with Crippen molar-refractivity contribution >= 4 is 17.4 Å². The molecular formula is C9H4ClF3N2O. The number of pyridine rings is 1. The lowest BCUT2D eigenvalue weighted by molar-refractivity contribution is -0.138. The van der Waals surface area contributed by atoms with Gasteiger partial charge in [-0.3, -0.25) is 9.78 Å². The molecule has 3 nitrogen and oxygen atoms in total. The maximum absolute atomic E-state index is 12.4. The minimum absolute atomic E-state index is 0.341. The summed E-state index contributed by atoms with van der Waals surface area (Å²) in [6.45, 7) is 1.10. The SMILES string of the molecule is CC(=O)c1ncc(C(F)(F)F)c(C#N)c1Cl. The second kappa shape index (κ2) is 4.10. The Morgan fingerprint density at radius 2 is 2.12 bits per heavy atom. The van der Waals surface area contributed by atoms with Crippen molar-refractivity contribution in [2.24, 2.45) is 0 Å². The molecule has 0 spiro atoms. The zero-order valence-corrected chi connectivity index (χ0v) is 8.65. The van der Waals surface area contributed by atoms with E-state index in [4.69, 9.17) is 16.9 Å². The van der Waals surface area contributed by atoms with Crippen LogP contribution in [0, 0.1) is 11.3 Å². The van der Waals surface area contributed by atoms with Crippen LogP contribution in [0.3, 0.4) is 0 Å². The molecule has 84 valence electrons. The van der Waals surface area contributed by atoms with Gasteiger partial charge in [0, 0.05) is 13.1 Å². The molecule has 0 fully saturated rings. The van der Waals surface area contributed by atoms with Gasteiger partial charge in [-0.1, -0.05) is 11.6 Å². The second-order valence-electron chi connectivity index (χ2n) is 2.88. The topological polar surface area (TPSA) is 53.8 Å². The molecule has 0 saturated heterocycles. The number of alkyl halides is 3. The normalized spacial score (nSPS) is 11.0. The number of hydrogen-bond donors (Lipinski definition) is 0. The van der Waals surface area contributed by atoms with Gasteiger partial charge in [-0.15, -0.1) is 0 Å². The molecule has 1 aromatic heterocycles. The van der Waals surface area contributed by atoms with Gasteiger partial charge in [-0.05, 0) is 0 Å². The quantitative estimate of drug-likeness (QED) is 0.718. The Kier molecular flexibility index (Phi) is 3.19. The van der Waals surface area contributed by atoms with Crippen LogP contribution < -0.4 is 0 Å². The van der Waals surface area contributed by atoms with Crippen molar-refractivity contribution in [1.82, 2.24) is 4.98 Å². The fraction of sp³-hybridized carbons (Fsp3) is 0.222. The summed E-state index contributed by atoms with van der Waals surface area (Å²) >= 11 is 5.51.